The van der Waals surface area contributed by atoms with Crippen molar-refractivity contribution in [1.82, 2.24) is 0 Å². The molecule has 0 radical (unpaired) electrons. The van der Waals surface area contributed by atoms with Crippen LogP contribution in [0.15, 0.2) is 18.2 Å². The summed E-state index contributed by atoms with van der Waals surface area (Å²) in [6.45, 7) is 0. The van der Waals surface area contributed by atoms with Crippen LogP contribution in [0.2, 0.25) is 0 Å². The van der Waals surface area contributed by atoms with Gasteiger partial charge in [0.2, 0.25) is 0 Å². The van der Waals surface area contributed by atoms with Crippen molar-refractivity contribution in [3.05, 3.63) is 34.9 Å². The zero-order valence-electron chi connectivity index (χ0n) is 9.44. The Morgan fingerprint density at radius 1 is 1.39 bits per heavy atom. The van der Waals surface area contributed by atoms with Crippen molar-refractivity contribution in [2.75, 3.05) is 5.88 Å². The minimum atomic E-state index is -2.71. The molecule has 0 aliphatic carbocycles. The SMILES string of the molecule is O=C(O)C(O)c1ccc(CCCCl)c(C(F)F)c1. The fourth-order valence-electron chi connectivity index (χ4n) is 1.61. The number of hydrogen-bond acceptors (Lipinski definition) is 2. The number of benzene rings is 1. The van der Waals surface area contributed by atoms with Gasteiger partial charge in [-0.2, -0.15) is 0 Å². The second-order valence-electron chi connectivity index (χ2n) is 3.79. The van der Waals surface area contributed by atoms with E-state index in [1.54, 1.807) is 0 Å². The largest absolute Gasteiger partial charge is 0.479 e. The van der Waals surface area contributed by atoms with Gasteiger partial charge in [-0.1, -0.05) is 12.1 Å². The maximum atomic E-state index is 12.8. The molecule has 0 aliphatic heterocycles. The summed E-state index contributed by atoms with van der Waals surface area (Å²) in [4.78, 5) is 10.6. The second-order valence-corrected chi connectivity index (χ2v) is 4.17. The number of aliphatic carboxylic acids is 1. The lowest BCUT2D eigenvalue weighted by Crippen LogP contribution is -2.11. The Morgan fingerprint density at radius 3 is 2.56 bits per heavy atom. The molecular formula is C12H13ClF2O3. The molecule has 0 amide bonds. The predicted molar refractivity (Wildman–Crippen MR) is 63.0 cm³/mol. The van der Waals surface area contributed by atoms with Crippen molar-refractivity contribution in [2.24, 2.45) is 0 Å². The lowest BCUT2D eigenvalue weighted by molar-refractivity contribution is -0.146. The molecule has 1 atom stereocenters. The lowest BCUT2D eigenvalue weighted by atomic mass is 9.98. The van der Waals surface area contributed by atoms with Crippen molar-refractivity contribution >= 4 is 17.6 Å². The Bertz CT molecular complexity index is 424. The molecule has 0 heterocycles. The summed E-state index contributed by atoms with van der Waals surface area (Å²) in [5.74, 6) is -1.11. The maximum absolute atomic E-state index is 12.8. The highest BCUT2D eigenvalue weighted by Gasteiger charge is 2.20. The number of aliphatic hydroxyl groups excluding tert-OH is 1. The van der Waals surface area contributed by atoms with E-state index < -0.39 is 18.5 Å². The van der Waals surface area contributed by atoms with Crippen LogP contribution in [0.3, 0.4) is 0 Å². The molecule has 0 spiro atoms. The number of carboxylic acid groups (broad SMARTS) is 1. The zero-order valence-corrected chi connectivity index (χ0v) is 10.2. The number of aryl methyl sites for hydroxylation is 1. The van der Waals surface area contributed by atoms with Gasteiger partial charge in [-0.05, 0) is 30.0 Å². The quantitative estimate of drug-likeness (QED) is 0.787. The van der Waals surface area contributed by atoms with Crippen LogP contribution in [-0.2, 0) is 11.2 Å². The minimum Gasteiger partial charge on any atom is -0.479 e. The highest BCUT2D eigenvalue weighted by atomic mass is 35.5. The first-order chi connectivity index (χ1) is 8.47. The third kappa shape index (κ3) is 3.65. The first kappa shape index (κ1) is 14.9. The first-order valence-corrected chi connectivity index (χ1v) is 5.88. The Labute approximate surface area is 108 Å². The number of rotatable bonds is 6. The topological polar surface area (TPSA) is 57.5 Å². The molecule has 0 fully saturated rings. The first-order valence-electron chi connectivity index (χ1n) is 5.35. The van der Waals surface area contributed by atoms with Crippen molar-refractivity contribution in [3.63, 3.8) is 0 Å². The Hall–Kier alpha value is -1.20. The van der Waals surface area contributed by atoms with Gasteiger partial charge in [-0.25, -0.2) is 13.6 Å². The van der Waals surface area contributed by atoms with Crippen molar-refractivity contribution < 1.29 is 23.8 Å². The average Bonchev–Trinajstić information content (AvgIpc) is 2.34. The van der Waals surface area contributed by atoms with Crippen molar-refractivity contribution in [1.29, 1.82) is 0 Å². The van der Waals surface area contributed by atoms with Crippen LogP contribution in [0.4, 0.5) is 8.78 Å². The van der Waals surface area contributed by atoms with E-state index in [0.29, 0.717) is 24.3 Å². The predicted octanol–water partition coefficient (Wildman–Crippen LogP) is 2.91. The summed E-state index contributed by atoms with van der Waals surface area (Å²) in [5.41, 5.74) is 0.123. The molecular weight excluding hydrogens is 266 g/mol. The molecule has 1 aromatic carbocycles. The minimum absolute atomic E-state index is 0.0487. The van der Waals surface area contributed by atoms with E-state index in [1.807, 2.05) is 0 Å². The summed E-state index contributed by atoms with van der Waals surface area (Å²) in [6.07, 6.45) is -3.55. The lowest BCUT2D eigenvalue weighted by Gasteiger charge is -2.12. The highest BCUT2D eigenvalue weighted by Crippen LogP contribution is 2.27. The van der Waals surface area contributed by atoms with Crippen LogP contribution in [0.1, 0.15) is 35.6 Å². The summed E-state index contributed by atoms with van der Waals surface area (Å²) >= 11 is 5.50. The normalized spacial score (nSPS) is 12.7. The van der Waals surface area contributed by atoms with Crippen LogP contribution in [0.25, 0.3) is 0 Å². The molecule has 1 aromatic rings. The summed E-state index contributed by atoms with van der Waals surface area (Å²) in [7, 11) is 0. The number of carbonyl (C=O) groups is 1. The number of halogens is 3. The zero-order chi connectivity index (χ0) is 13.7. The molecule has 0 saturated heterocycles. The Balaban J connectivity index is 3.06. The van der Waals surface area contributed by atoms with Crippen LogP contribution < -0.4 is 0 Å². The van der Waals surface area contributed by atoms with Crippen molar-refractivity contribution in [2.45, 2.75) is 25.4 Å². The highest BCUT2D eigenvalue weighted by molar-refractivity contribution is 6.17. The molecule has 0 aliphatic rings. The molecule has 0 bridgehead atoms. The van der Waals surface area contributed by atoms with Crippen LogP contribution in [0.5, 0.6) is 0 Å². The number of aliphatic hydroxyl groups is 1. The van der Waals surface area contributed by atoms with Gasteiger partial charge in [0.05, 0.1) is 0 Å². The van der Waals surface area contributed by atoms with Gasteiger partial charge in [0.15, 0.2) is 6.10 Å². The van der Waals surface area contributed by atoms with E-state index in [4.69, 9.17) is 16.7 Å². The molecule has 0 saturated carbocycles. The number of hydrogen-bond donors (Lipinski definition) is 2. The number of carboxylic acids is 1. The van der Waals surface area contributed by atoms with Crippen molar-refractivity contribution in [3.8, 4) is 0 Å². The van der Waals surface area contributed by atoms with E-state index in [0.717, 1.165) is 6.07 Å². The molecule has 1 unspecified atom stereocenters. The van der Waals surface area contributed by atoms with Gasteiger partial charge >= 0.3 is 5.97 Å². The van der Waals surface area contributed by atoms with E-state index in [-0.39, 0.29) is 11.1 Å². The fraction of sp³-hybridized carbons (Fsp3) is 0.417. The molecule has 18 heavy (non-hydrogen) atoms. The van der Waals surface area contributed by atoms with Gasteiger partial charge in [-0.3, -0.25) is 0 Å². The van der Waals surface area contributed by atoms with E-state index in [2.05, 4.69) is 0 Å². The van der Waals surface area contributed by atoms with Gasteiger partial charge in [0, 0.05) is 11.4 Å². The van der Waals surface area contributed by atoms with Gasteiger partial charge in [0.25, 0.3) is 6.43 Å². The average molecular weight is 279 g/mol. The summed E-state index contributed by atoms with van der Waals surface area (Å²) in [6, 6.07) is 3.79. The van der Waals surface area contributed by atoms with Crippen LogP contribution in [0, 0.1) is 0 Å². The third-order valence-corrected chi connectivity index (χ3v) is 2.80. The summed E-state index contributed by atoms with van der Waals surface area (Å²) < 4.78 is 25.7. The second kappa shape index (κ2) is 6.66. The molecule has 1 rings (SSSR count). The standard InChI is InChI=1S/C12H13ClF2O3/c13-5-1-2-7-3-4-8(10(16)12(17)18)6-9(7)11(14)15/h3-4,6,10-11,16H,1-2,5H2,(H,17,18). The smallest absolute Gasteiger partial charge is 0.337 e. The molecule has 100 valence electrons. The number of alkyl halides is 3. The third-order valence-electron chi connectivity index (χ3n) is 2.53. The van der Waals surface area contributed by atoms with E-state index in [1.165, 1.54) is 12.1 Å². The van der Waals surface area contributed by atoms with Gasteiger partial charge < -0.3 is 10.2 Å². The maximum Gasteiger partial charge on any atom is 0.337 e. The van der Waals surface area contributed by atoms with Gasteiger partial charge in [0.1, 0.15) is 0 Å². The van der Waals surface area contributed by atoms with Crippen LogP contribution >= 0.6 is 11.6 Å². The van der Waals surface area contributed by atoms with E-state index in [9.17, 15) is 18.7 Å². The molecule has 2 N–H and O–H groups in total. The Kier molecular flexibility index (Phi) is 5.50. The van der Waals surface area contributed by atoms with E-state index >= 15 is 0 Å². The molecule has 3 nitrogen and oxygen atoms in total. The molecule has 0 aromatic heterocycles. The van der Waals surface area contributed by atoms with Gasteiger partial charge in [-0.15, -0.1) is 11.6 Å². The Morgan fingerprint density at radius 2 is 2.06 bits per heavy atom. The fourth-order valence-corrected chi connectivity index (χ4v) is 1.75. The monoisotopic (exact) mass is 278 g/mol. The summed E-state index contributed by atoms with van der Waals surface area (Å²) in [5, 5.41) is 17.9. The van der Waals surface area contributed by atoms with Crippen LogP contribution in [-0.4, -0.2) is 22.1 Å². The molecule has 6 heteroatoms.